The van der Waals surface area contributed by atoms with Gasteiger partial charge in [-0.3, -0.25) is 9.59 Å². The van der Waals surface area contributed by atoms with Crippen LogP contribution in [-0.2, 0) is 6.42 Å². The number of phenolic OH excluding ortho intramolecular Hbond substituents is 2. The van der Waals surface area contributed by atoms with Gasteiger partial charge in [-0.15, -0.1) is 0 Å². The largest absolute Gasteiger partial charge is 0.507 e. The molecule has 0 unspecified atom stereocenters. The molecule has 4 rings (SSSR count). The molecule has 4 aromatic carbocycles. The van der Waals surface area contributed by atoms with E-state index < -0.39 is 0 Å². The maximum Gasteiger partial charge on any atom is 0.196 e. The van der Waals surface area contributed by atoms with Crippen molar-refractivity contribution >= 4 is 11.6 Å². The summed E-state index contributed by atoms with van der Waals surface area (Å²) in [5.41, 5.74) is 2.49. The first-order valence-electron chi connectivity index (χ1n) is 13.1. The lowest BCUT2D eigenvalue weighted by molar-refractivity contribution is 0.102. The Bertz CT molecular complexity index is 1330. The molecule has 200 valence electrons. The van der Waals surface area contributed by atoms with Crippen molar-refractivity contribution in [2.75, 3.05) is 13.2 Å². The van der Waals surface area contributed by atoms with Gasteiger partial charge < -0.3 is 19.7 Å². The van der Waals surface area contributed by atoms with Gasteiger partial charge in [0.1, 0.15) is 23.0 Å². The summed E-state index contributed by atoms with van der Waals surface area (Å²) < 4.78 is 11.9. The van der Waals surface area contributed by atoms with Crippen molar-refractivity contribution in [3.63, 3.8) is 0 Å². The summed E-state index contributed by atoms with van der Waals surface area (Å²) in [6.07, 6.45) is 1.75. The van der Waals surface area contributed by atoms with Crippen molar-refractivity contribution in [3.05, 3.63) is 118 Å². The lowest BCUT2D eigenvalue weighted by Gasteiger charge is -2.18. The van der Waals surface area contributed by atoms with E-state index in [2.05, 4.69) is 0 Å². The Balaban J connectivity index is 1.81. The summed E-state index contributed by atoms with van der Waals surface area (Å²) in [6, 6.07) is 23.7. The molecule has 6 nitrogen and oxygen atoms in total. The van der Waals surface area contributed by atoms with Crippen LogP contribution in [0, 0.1) is 0 Å². The van der Waals surface area contributed by atoms with E-state index in [1.165, 1.54) is 12.1 Å². The van der Waals surface area contributed by atoms with Gasteiger partial charge in [-0.2, -0.15) is 0 Å². The van der Waals surface area contributed by atoms with Gasteiger partial charge in [0.05, 0.1) is 24.3 Å². The number of ether oxygens (including phenoxy) is 2. The summed E-state index contributed by atoms with van der Waals surface area (Å²) in [5, 5.41) is 21.5. The molecule has 0 aliphatic heterocycles. The Hall–Kier alpha value is -4.58. The minimum Gasteiger partial charge on any atom is -0.507 e. The predicted octanol–water partition coefficient (Wildman–Crippen LogP) is 6.73. The molecule has 0 aliphatic carbocycles. The summed E-state index contributed by atoms with van der Waals surface area (Å²) in [4.78, 5) is 26.5. The van der Waals surface area contributed by atoms with E-state index in [1.54, 1.807) is 60.7 Å². The number of rotatable bonds is 12. The maximum absolute atomic E-state index is 13.2. The number of ketones is 2. The fourth-order valence-electron chi connectivity index (χ4n) is 4.26. The second-order valence-electron chi connectivity index (χ2n) is 9.22. The maximum atomic E-state index is 13.2. The van der Waals surface area contributed by atoms with Gasteiger partial charge in [-0.05, 0) is 36.1 Å². The lowest BCUT2D eigenvalue weighted by Crippen LogP contribution is -2.08. The second kappa shape index (κ2) is 12.8. The third-order valence-corrected chi connectivity index (χ3v) is 6.22. The van der Waals surface area contributed by atoms with E-state index in [4.69, 9.17) is 9.47 Å². The number of benzene rings is 4. The standard InChI is InChI=1S/C33H32O6/c1-3-15-38-30-20-28(34)26(32(36)22-11-7-5-8-12-22)18-24(30)17-25-19-27(29(35)21-31(25)39-16-4-2)33(37)23-13-9-6-10-14-23/h5-14,18-21,34-35H,3-4,15-17H2,1-2H3. The number of aromatic hydroxyl groups is 2. The van der Waals surface area contributed by atoms with Crippen molar-refractivity contribution in [2.24, 2.45) is 0 Å². The molecule has 0 heterocycles. The third kappa shape index (κ3) is 6.47. The predicted molar refractivity (Wildman–Crippen MR) is 150 cm³/mol. The zero-order valence-corrected chi connectivity index (χ0v) is 22.1. The second-order valence-corrected chi connectivity index (χ2v) is 9.22. The number of phenols is 2. The number of hydrogen-bond donors (Lipinski definition) is 2. The molecule has 0 saturated carbocycles. The highest BCUT2D eigenvalue weighted by Crippen LogP contribution is 2.36. The minimum atomic E-state index is -0.315. The molecule has 0 spiro atoms. The van der Waals surface area contributed by atoms with Gasteiger partial charge >= 0.3 is 0 Å². The SMILES string of the molecule is CCCOc1cc(O)c(C(=O)c2ccccc2)cc1Cc1cc(C(=O)c2ccccc2)c(O)cc1OCCC. The van der Waals surface area contributed by atoms with Crippen LogP contribution in [0.5, 0.6) is 23.0 Å². The van der Waals surface area contributed by atoms with Gasteiger partial charge in [0.15, 0.2) is 11.6 Å². The van der Waals surface area contributed by atoms with Crippen molar-refractivity contribution in [3.8, 4) is 23.0 Å². The van der Waals surface area contributed by atoms with Crippen LogP contribution in [0.3, 0.4) is 0 Å². The molecular weight excluding hydrogens is 492 g/mol. The molecule has 0 amide bonds. The number of hydrogen-bond acceptors (Lipinski definition) is 6. The van der Waals surface area contributed by atoms with Gasteiger partial charge in [0.2, 0.25) is 0 Å². The van der Waals surface area contributed by atoms with Crippen LogP contribution in [0.1, 0.15) is 69.7 Å². The average molecular weight is 525 g/mol. The Morgan fingerprint density at radius 2 is 1.00 bits per heavy atom. The van der Waals surface area contributed by atoms with Crippen LogP contribution in [0.2, 0.25) is 0 Å². The van der Waals surface area contributed by atoms with Crippen LogP contribution < -0.4 is 9.47 Å². The minimum absolute atomic E-state index is 0.149. The van der Waals surface area contributed by atoms with Crippen molar-refractivity contribution in [2.45, 2.75) is 33.1 Å². The Labute approximate surface area is 228 Å². The van der Waals surface area contributed by atoms with Crippen LogP contribution in [0.25, 0.3) is 0 Å². The smallest absolute Gasteiger partial charge is 0.196 e. The summed E-state index contributed by atoms with van der Waals surface area (Å²) in [6.45, 7) is 4.80. The zero-order valence-electron chi connectivity index (χ0n) is 22.1. The molecule has 6 heteroatoms. The molecule has 0 bridgehead atoms. The first-order chi connectivity index (χ1) is 18.9. The highest BCUT2D eigenvalue weighted by Gasteiger charge is 2.22. The van der Waals surface area contributed by atoms with Crippen molar-refractivity contribution in [1.29, 1.82) is 0 Å². The van der Waals surface area contributed by atoms with Gasteiger partial charge in [-0.25, -0.2) is 0 Å². The van der Waals surface area contributed by atoms with E-state index in [-0.39, 0.29) is 40.6 Å². The zero-order chi connectivity index (χ0) is 27.8. The van der Waals surface area contributed by atoms with E-state index in [0.29, 0.717) is 47.0 Å². The summed E-state index contributed by atoms with van der Waals surface area (Å²) >= 11 is 0. The van der Waals surface area contributed by atoms with Gasteiger partial charge in [0.25, 0.3) is 0 Å². The Morgan fingerprint density at radius 1 is 0.615 bits per heavy atom. The molecule has 39 heavy (non-hydrogen) atoms. The lowest BCUT2D eigenvalue weighted by atomic mass is 9.94. The molecule has 0 saturated heterocycles. The fourth-order valence-corrected chi connectivity index (χ4v) is 4.26. The molecule has 0 atom stereocenters. The Morgan fingerprint density at radius 3 is 1.36 bits per heavy atom. The molecule has 2 N–H and O–H groups in total. The number of carbonyl (C=O) groups is 2. The van der Waals surface area contributed by atoms with Gasteiger partial charge in [0, 0.05) is 29.7 Å². The summed E-state index contributed by atoms with van der Waals surface area (Å²) in [5.74, 6) is -0.110. The van der Waals surface area contributed by atoms with Crippen molar-refractivity contribution in [1.82, 2.24) is 0 Å². The van der Waals surface area contributed by atoms with E-state index in [1.807, 2.05) is 26.0 Å². The van der Waals surface area contributed by atoms with Crippen LogP contribution in [0.15, 0.2) is 84.9 Å². The molecule has 4 aromatic rings. The first-order valence-corrected chi connectivity index (χ1v) is 13.1. The third-order valence-electron chi connectivity index (χ3n) is 6.22. The fraction of sp³-hybridized carbons (Fsp3) is 0.212. The monoisotopic (exact) mass is 524 g/mol. The quantitative estimate of drug-likeness (QED) is 0.200. The first kappa shape index (κ1) is 27.5. The molecule has 0 aliphatic rings. The van der Waals surface area contributed by atoms with Crippen LogP contribution >= 0.6 is 0 Å². The topological polar surface area (TPSA) is 93.1 Å². The van der Waals surface area contributed by atoms with Gasteiger partial charge in [-0.1, -0.05) is 74.5 Å². The van der Waals surface area contributed by atoms with Crippen molar-refractivity contribution < 1.29 is 29.3 Å². The van der Waals surface area contributed by atoms with E-state index in [0.717, 1.165) is 12.8 Å². The average Bonchev–Trinajstić information content (AvgIpc) is 2.97. The van der Waals surface area contributed by atoms with Crippen LogP contribution in [-0.4, -0.2) is 35.0 Å². The van der Waals surface area contributed by atoms with E-state index in [9.17, 15) is 19.8 Å². The van der Waals surface area contributed by atoms with Crippen LogP contribution in [0.4, 0.5) is 0 Å². The number of carbonyl (C=O) groups excluding carboxylic acids is 2. The molecule has 0 aromatic heterocycles. The highest BCUT2D eigenvalue weighted by molar-refractivity contribution is 6.11. The van der Waals surface area contributed by atoms with E-state index >= 15 is 0 Å². The molecule has 0 radical (unpaired) electrons. The summed E-state index contributed by atoms with van der Waals surface area (Å²) in [7, 11) is 0. The molecule has 0 fully saturated rings. The highest BCUT2D eigenvalue weighted by atomic mass is 16.5. The normalized spacial score (nSPS) is 10.7. The molecular formula is C33H32O6. The Kier molecular flexibility index (Phi) is 9.00.